The van der Waals surface area contributed by atoms with Crippen LogP contribution >= 0.6 is 0 Å². The zero-order chi connectivity index (χ0) is 10.3. The van der Waals surface area contributed by atoms with Crippen LogP contribution in [0.2, 0.25) is 0 Å². The van der Waals surface area contributed by atoms with E-state index >= 15 is 0 Å². The molecular formula is C11H19NO. The van der Waals surface area contributed by atoms with E-state index in [2.05, 4.69) is 31.0 Å². The quantitative estimate of drug-likeness (QED) is 0.661. The summed E-state index contributed by atoms with van der Waals surface area (Å²) in [5, 5.41) is 2.81. The van der Waals surface area contributed by atoms with E-state index in [-0.39, 0.29) is 5.91 Å². The third-order valence-electron chi connectivity index (χ3n) is 1.35. The van der Waals surface area contributed by atoms with Gasteiger partial charge in [0.2, 0.25) is 5.91 Å². The van der Waals surface area contributed by atoms with E-state index in [0.29, 0.717) is 18.3 Å². The van der Waals surface area contributed by atoms with E-state index in [1.807, 2.05) is 13.8 Å². The molecule has 0 aromatic carbocycles. The highest BCUT2D eigenvalue weighted by molar-refractivity contribution is 5.78. The first-order chi connectivity index (χ1) is 6.02. The molecule has 0 aliphatic heterocycles. The number of hydrogen-bond donors (Lipinski definition) is 1. The van der Waals surface area contributed by atoms with Gasteiger partial charge in [0.15, 0.2) is 0 Å². The number of amides is 1. The van der Waals surface area contributed by atoms with Crippen molar-refractivity contribution in [2.24, 2.45) is 11.8 Å². The molecule has 0 rings (SSSR count). The summed E-state index contributed by atoms with van der Waals surface area (Å²) in [6.07, 6.45) is 0.324. The van der Waals surface area contributed by atoms with Crippen molar-refractivity contribution in [2.75, 3.05) is 6.54 Å². The first kappa shape index (κ1) is 12.0. The van der Waals surface area contributed by atoms with Crippen molar-refractivity contribution in [2.45, 2.75) is 34.1 Å². The third-order valence-corrected chi connectivity index (χ3v) is 1.35. The lowest BCUT2D eigenvalue weighted by atomic mass is 10.2. The molecule has 1 amide bonds. The van der Waals surface area contributed by atoms with Gasteiger partial charge in [-0.3, -0.25) is 4.79 Å². The molecular weight excluding hydrogens is 162 g/mol. The summed E-state index contributed by atoms with van der Waals surface area (Å²) < 4.78 is 0. The molecule has 2 nitrogen and oxygen atoms in total. The lowest BCUT2D eigenvalue weighted by Crippen LogP contribution is -2.26. The number of hydrogen-bond acceptors (Lipinski definition) is 1. The Hall–Kier alpha value is -0.970. The van der Waals surface area contributed by atoms with Gasteiger partial charge < -0.3 is 5.32 Å². The van der Waals surface area contributed by atoms with Gasteiger partial charge in [0.05, 0.1) is 6.42 Å². The van der Waals surface area contributed by atoms with Crippen LogP contribution < -0.4 is 5.32 Å². The van der Waals surface area contributed by atoms with Crippen molar-refractivity contribution in [1.82, 2.24) is 5.32 Å². The zero-order valence-electron chi connectivity index (χ0n) is 8.98. The Bertz CT molecular complexity index is 208. The molecule has 0 radical (unpaired) electrons. The Morgan fingerprint density at radius 1 is 1.31 bits per heavy atom. The van der Waals surface area contributed by atoms with Crippen LogP contribution in [0.5, 0.6) is 0 Å². The van der Waals surface area contributed by atoms with Gasteiger partial charge in [-0.2, -0.15) is 0 Å². The normalized spacial score (nSPS) is 9.69. The van der Waals surface area contributed by atoms with E-state index < -0.39 is 0 Å². The second-order valence-electron chi connectivity index (χ2n) is 3.85. The van der Waals surface area contributed by atoms with E-state index in [1.165, 1.54) is 0 Å². The van der Waals surface area contributed by atoms with Gasteiger partial charge in [-0.15, -0.1) is 0 Å². The molecule has 0 aromatic heterocycles. The molecule has 0 saturated carbocycles. The SMILES string of the molecule is CC(C)C#CCC(=O)NCC(C)C. The average molecular weight is 181 g/mol. The van der Waals surface area contributed by atoms with Gasteiger partial charge in [0, 0.05) is 12.5 Å². The van der Waals surface area contributed by atoms with Crippen LogP contribution in [-0.4, -0.2) is 12.5 Å². The van der Waals surface area contributed by atoms with E-state index in [1.54, 1.807) is 0 Å². The summed E-state index contributed by atoms with van der Waals surface area (Å²) in [4.78, 5) is 11.1. The van der Waals surface area contributed by atoms with Crippen LogP contribution in [0.1, 0.15) is 34.1 Å². The fraction of sp³-hybridized carbons (Fsp3) is 0.727. The molecule has 0 bridgehead atoms. The zero-order valence-corrected chi connectivity index (χ0v) is 8.98. The maximum absolute atomic E-state index is 11.1. The Morgan fingerprint density at radius 2 is 1.92 bits per heavy atom. The largest absolute Gasteiger partial charge is 0.355 e. The van der Waals surface area contributed by atoms with Crippen molar-refractivity contribution in [1.29, 1.82) is 0 Å². The Labute approximate surface area is 81.1 Å². The van der Waals surface area contributed by atoms with Gasteiger partial charge in [-0.05, 0) is 5.92 Å². The Kier molecular flexibility index (Phi) is 6.05. The molecule has 2 heteroatoms. The average Bonchev–Trinajstić information content (AvgIpc) is 2.00. The van der Waals surface area contributed by atoms with Crippen LogP contribution in [0.25, 0.3) is 0 Å². The predicted octanol–water partition coefficient (Wildman–Crippen LogP) is 1.81. The summed E-state index contributed by atoms with van der Waals surface area (Å²) >= 11 is 0. The molecule has 0 heterocycles. The van der Waals surface area contributed by atoms with Gasteiger partial charge in [-0.25, -0.2) is 0 Å². The smallest absolute Gasteiger partial charge is 0.232 e. The standard InChI is InChI=1S/C11H19NO/c1-9(2)6-5-7-11(13)12-8-10(3)4/h9-10H,7-8H2,1-4H3,(H,12,13). The van der Waals surface area contributed by atoms with Gasteiger partial charge in [-0.1, -0.05) is 39.5 Å². The van der Waals surface area contributed by atoms with Crippen molar-refractivity contribution >= 4 is 5.91 Å². The third kappa shape index (κ3) is 8.94. The molecule has 13 heavy (non-hydrogen) atoms. The summed E-state index contributed by atoms with van der Waals surface area (Å²) in [6, 6.07) is 0. The van der Waals surface area contributed by atoms with Crippen LogP contribution in [0.3, 0.4) is 0 Å². The summed E-state index contributed by atoms with van der Waals surface area (Å²) in [6.45, 7) is 8.90. The first-order valence-corrected chi connectivity index (χ1v) is 4.77. The summed E-state index contributed by atoms with van der Waals surface area (Å²) in [7, 11) is 0. The van der Waals surface area contributed by atoms with E-state index in [9.17, 15) is 4.79 Å². The molecule has 0 saturated heterocycles. The molecule has 0 aromatic rings. The van der Waals surface area contributed by atoms with E-state index in [0.717, 1.165) is 6.54 Å². The van der Waals surface area contributed by atoms with Crippen molar-refractivity contribution in [3.05, 3.63) is 0 Å². The number of nitrogens with one attached hydrogen (secondary N) is 1. The minimum absolute atomic E-state index is 0.0295. The summed E-state index contributed by atoms with van der Waals surface area (Å²) in [5.41, 5.74) is 0. The first-order valence-electron chi connectivity index (χ1n) is 4.77. The Balaban J connectivity index is 3.59. The van der Waals surface area contributed by atoms with E-state index in [4.69, 9.17) is 0 Å². The lowest BCUT2D eigenvalue weighted by Gasteiger charge is -2.04. The highest BCUT2D eigenvalue weighted by atomic mass is 16.1. The number of carbonyl (C=O) groups excluding carboxylic acids is 1. The number of rotatable bonds is 3. The fourth-order valence-corrected chi connectivity index (χ4v) is 0.716. The van der Waals surface area contributed by atoms with Crippen molar-refractivity contribution in [3.8, 4) is 11.8 Å². The molecule has 0 unspecified atom stereocenters. The molecule has 0 aliphatic rings. The van der Waals surface area contributed by atoms with Crippen molar-refractivity contribution in [3.63, 3.8) is 0 Å². The maximum Gasteiger partial charge on any atom is 0.232 e. The van der Waals surface area contributed by atoms with Crippen LogP contribution in [0, 0.1) is 23.7 Å². The minimum atomic E-state index is 0.0295. The molecule has 74 valence electrons. The summed E-state index contributed by atoms with van der Waals surface area (Å²) in [5.74, 6) is 6.68. The molecule has 0 aliphatic carbocycles. The molecule has 0 fully saturated rings. The molecule has 0 atom stereocenters. The monoisotopic (exact) mass is 181 g/mol. The maximum atomic E-state index is 11.1. The highest BCUT2D eigenvalue weighted by Gasteiger charge is 1.98. The molecule has 1 N–H and O–H groups in total. The van der Waals surface area contributed by atoms with Crippen LogP contribution in [-0.2, 0) is 4.79 Å². The fourth-order valence-electron chi connectivity index (χ4n) is 0.716. The highest BCUT2D eigenvalue weighted by Crippen LogP contribution is 1.89. The van der Waals surface area contributed by atoms with Crippen LogP contribution in [0.15, 0.2) is 0 Å². The molecule has 0 spiro atoms. The lowest BCUT2D eigenvalue weighted by molar-refractivity contribution is -0.120. The predicted molar refractivity (Wildman–Crippen MR) is 55.1 cm³/mol. The second-order valence-corrected chi connectivity index (χ2v) is 3.85. The van der Waals surface area contributed by atoms with Crippen LogP contribution in [0.4, 0.5) is 0 Å². The second kappa shape index (κ2) is 6.54. The van der Waals surface area contributed by atoms with Crippen molar-refractivity contribution < 1.29 is 4.79 Å². The Morgan fingerprint density at radius 3 is 2.38 bits per heavy atom. The van der Waals surface area contributed by atoms with Gasteiger partial charge in [0.1, 0.15) is 0 Å². The topological polar surface area (TPSA) is 29.1 Å². The van der Waals surface area contributed by atoms with Gasteiger partial charge in [0.25, 0.3) is 0 Å². The van der Waals surface area contributed by atoms with Gasteiger partial charge >= 0.3 is 0 Å². The minimum Gasteiger partial charge on any atom is -0.355 e. The number of carbonyl (C=O) groups is 1.